The minimum Gasteiger partial charge on any atom is -0.338 e. The molecule has 0 unspecified atom stereocenters. The number of pyridine rings is 1. The lowest BCUT2D eigenvalue weighted by molar-refractivity contribution is 0.0756. The highest BCUT2D eigenvalue weighted by atomic mass is 35.5. The summed E-state index contributed by atoms with van der Waals surface area (Å²) < 4.78 is 1.47. The largest absolute Gasteiger partial charge is 0.338 e. The molecule has 1 amide bonds. The van der Waals surface area contributed by atoms with Crippen molar-refractivity contribution in [2.45, 2.75) is 19.8 Å². The molecule has 2 fully saturated rings. The van der Waals surface area contributed by atoms with Gasteiger partial charge in [-0.25, -0.2) is 4.98 Å². The van der Waals surface area contributed by atoms with E-state index in [4.69, 9.17) is 0 Å². The minimum absolute atomic E-state index is 0. The molecule has 25 heavy (non-hydrogen) atoms. The molecule has 2 atom stereocenters. The van der Waals surface area contributed by atoms with Crippen LogP contribution in [-0.4, -0.2) is 46.4 Å². The van der Waals surface area contributed by atoms with Crippen molar-refractivity contribution < 1.29 is 4.79 Å². The highest BCUT2D eigenvalue weighted by Gasteiger charge is 2.32. The zero-order chi connectivity index (χ0) is 16.7. The number of carbonyl (C=O) groups is 1. The van der Waals surface area contributed by atoms with Crippen LogP contribution in [0.5, 0.6) is 0 Å². The van der Waals surface area contributed by atoms with Crippen molar-refractivity contribution in [2.75, 3.05) is 26.2 Å². The quantitative estimate of drug-likeness (QED) is 0.834. The Bertz CT molecular complexity index is 837. The van der Waals surface area contributed by atoms with E-state index in [0.717, 1.165) is 44.6 Å². The van der Waals surface area contributed by atoms with Gasteiger partial charge >= 0.3 is 0 Å². The van der Waals surface area contributed by atoms with E-state index in [9.17, 15) is 9.59 Å². The van der Waals surface area contributed by atoms with Crippen molar-refractivity contribution in [3.63, 3.8) is 0 Å². The molecule has 2 saturated heterocycles. The van der Waals surface area contributed by atoms with E-state index < -0.39 is 0 Å². The number of hydrogen-bond donors (Lipinski definition) is 1. The van der Waals surface area contributed by atoms with Crippen LogP contribution in [-0.2, 0) is 0 Å². The standard InChI is InChI=1S/C18H22N4O2.ClH/c1-12-2-3-16-20-10-15(18(24)22(16)11-12)17(23)21-6-4-13-8-19-9-14(13)5-7-21;/h2-3,10-11,13-14,19H,4-9H2,1H3;1H/t13-,14+;. The van der Waals surface area contributed by atoms with E-state index in [-0.39, 0.29) is 29.4 Å². The summed E-state index contributed by atoms with van der Waals surface area (Å²) in [6.07, 6.45) is 5.18. The summed E-state index contributed by atoms with van der Waals surface area (Å²) in [6, 6.07) is 3.70. The number of fused-ring (bicyclic) bond motifs is 2. The van der Waals surface area contributed by atoms with Gasteiger partial charge < -0.3 is 10.2 Å². The van der Waals surface area contributed by atoms with Crippen molar-refractivity contribution in [3.05, 3.63) is 46.0 Å². The van der Waals surface area contributed by atoms with Gasteiger partial charge in [0.15, 0.2) is 0 Å². The molecule has 7 heteroatoms. The molecule has 2 aliphatic heterocycles. The van der Waals surface area contributed by atoms with Crippen molar-refractivity contribution in [1.29, 1.82) is 0 Å². The summed E-state index contributed by atoms with van der Waals surface area (Å²) in [4.78, 5) is 31.7. The Kier molecular flexibility index (Phi) is 5.11. The fraction of sp³-hybridized carbons (Fsp3) is 0.500. The van der Waals surface area contributed by atoms with Crippen LogP contribution in [0.4, 0.5) is 0 Å². The summed E-state index contributed by atoms with van der Waals surface area (Å²) in [6.45, 7) is 5.45. The third-order valence-electron chi connectivity index (χ3n) is 5.39. The van der Waals surface area contributed by atoms with Gasteiger partial charge in [0.1, 0.15) is 11.2 Å². The lowest BCUT2D eigenvalue weighted by Gasteiger charge is -2.20. The van der Waals surface area contributed by atoms with Gasteiger partial charge in [-0.2, -0.15) is 0 Å². The fourth-order valence-electron chi connectivity index (χ4n) is 3.92. The summed E-state index contributed by atoms with van der Waals surface area (Å²) in [5, 5.41) is 3.44. The maximum atomic E-state index is 12.9. The van der Waals surface area contributed by atoms with Crippen molar-refractivity contribution in [2.24, 2.45) is 11.8 Å². The Morgan fingerprint density at radius 1 is 1.20 bits per heavy atom. The Labute approximate surface area is 152 Å². The zero-order valence-corrected chi connectivity index (χ0v) is 15.1. The monoisotopic (exact) mass is 362 g/mol. The first-order chi connectivity index (χ1) is 11.6. The third-order valence-corrected chi connectivity index (χ3v) is 5.39. The van der Waals surface area contributed by atoms with Crippen LogP contribution in [0.1, 0.15) is 28.8 Å². The highest BCUT2D eigenvalue weighted by molar-refractivity contribution is 5.93. The second-order valence-electron chi connectivity index (χ2n) is 6.96. The van der Waals surface area contributed by atoms with E-state index in [1.165, 1.54) is 10.6 Å². The fourth-order valence-corrected chi connectivity index (χ4v) is 3.92. The number of halogens is 1. The molecule has 1 N–H and O–H groups in total. The lowest BCUT2D eigenvalue weighted by Crippen LogP contribution is -2.37. The summed E-state index contributed by atoms with van der Waals surface area (Å²) in [5.41, 5.74) is 1.42. The van der Waals surface area contributed by atoms with Crippen LogP contribution in [0.3, 0.4) is 0 Å². The number of amides is 1. The first-order valence-electron chi connectivity index (χ1n) is 8.61. The molecule has 2 aromatic heterocycles. The highest BCUT2D eigenvalue weighted by Crippen LogP contribution is 2.27. The van der Waals surface area contributed by atoms with Crippen LogP contribution in [0.15, 0.2) is 29.3 Å². The topological polar surface area (TPSA) is 66.7 Å². The number of hydrogen-bond acceptors (Lipinski definition) is 4. The maximum absolute atomic E-state index is 12.9. The van der Waals surface area contributed by atoms with Gasteiger partial charge in [-0.15, -0.1) is 12.4 Å². The molecule has 6 nitrogen and oxygen atoms in total. The summed E-state index contributed by atoms with van der Waals surface area (Å²) in [7, 11) is 0. The number of nitrogens with one attached hydrogen (secondary N) is 1. The number of likely N-dealkylation sites (tertiary alicyclic amines) is 1. The van der Waals surface area contributed by atoms with Crippen molar-refractivity contribution >= 4 is 24.0 Å². The van der Waals surface area contributed by atoms with E-state index in [0.29, 0.717) is 17.5 Å². The first-order valence-corrected chi connectivity index (χ1v) is 8.61. The minimum atomic E-state index is -0.278. The number of rotatable bonds is 1. The van der Waals surface area contributed by atoms with Gasteiger partial charge in [-0.1, -0.05) is 6.07 Å². The van der Waals surface area contributed by atoms with Gasteiger partial charge in [0, 0.05) is 25.5 Å². The normalized spacial score (nSPS) is 23.0. The van der Waals surface area contributed by atoms with E-state index in [2.05, 4.69) is 10.3 Å². The Morgan fingerprint density at radius 2 is 1.88 bits per heavy atom. The number of aryl methyl sites for hydroxylation is 1. The van der Waals surface area contributed by atoms with Crippen molar-refractivity contribution in [3.8, 4) is 0 Å². The molecule has 134 valence electrons. The molecular formula is C18H23ClN4O2. The van der Waals surface area contributed by atoms with Crippen LogP contribution in [0, 0.1) is 18.8 Å². The molecule has 0 spiro atoms. The molecule has 0 bridgehead atoms. The number of carbonyl (C=O) groups excluding carboxylic acids is 1. The third kappa shape index (κ3) is 3.28. The van der Waals surface area contributed by atoms with Gasteiger partial charge in [-0.05, 0) is 56.3 Å². The average molecular weight is 363 g/mol. The van der Waals surface area contributed by atoms with E-state index in [1.807, 2.05) is 17.9 Å². The van der Waals surface area contributed by atoms with E-state index >= 15 is 0 Å². The van der Waals surface area contributed by atoms with E-state index in [1.54, 1.807) is 12.3 Å². The first kappa shape index (κ1) is 17.9. The SMILES string of the molecule is Cc1ccc2ncc(C(=O)N3CC[C@@H]4CNC[C@@H]4CC3)c(=O)n2c1.Cl. The maximum Gasteiger partial charge on any atom is 0.270 e. The Morgan fingerprint density at radius 3 is 2.56 bits per heavy atom. The molecular weight excluding hydrogens is 340 g/mol. The molecule has 4 rings (SSSR count). The second kappa shape index (κ2) is 7.14. The molecule has 0 radical (unpaired) electrons. The average Bonchev–Trinajstić information content (AvgIpc) is 2.94. The van der Waals surface area contributed by atoms with Crippen LogP contribution >= 0.6 is 12.4 Å². The molecule has 4 heterocycles. The summed E-state index contributed by atoms with van der Waals surface area (Å²) >= 11 is 0. The predicted molar refractivity (Wildman–Crippen MR) is 98.4 cm³/mol. The van der Waals surface area contributed by atoms with Crippen molar-refractivity contribution in [1.82, 2.24) is 19.6 Å². The Hall–Kier alpha value is -1.92. The predicted octanol–water partition coefficient (Wildman–Crippen LogP) is 1.50. The summed E-state index contributed by atoms with van der Waals surface area (Å²) in [5.74, 6) is 1.12. The smallest absolute Gasteiger partial charge is 0.270 e. The molecule has 0 aromatic carbocycles. The van der Waals surface area contributed by atoms with Gasteiger partial charge in [0.05, 0.1) is 0 Å². The Balaban J connectivity index is 0.00000182. The second-order valence-corrected chi connectivity index (χ2v) is 6.96. The van der Waals surface area contributed by atoms with Crippen LogP contribution in [0.25, 0.3) is 5.65 Å². The number of aromatic nitrogens is 2. The van der Waals surface area contributed by atoms with Gasteiger partial charge in [-0.3, -0.25) is 14.0 Å². The van der Waals surface area contributed by atoms with Gasteiger partial charge in [0.25, 0.3) is 11.5 Å². The molecule has 2 aliphatic rings. The molecule has 2 aromatic rings. The van der Waals surface area contributed by atoms with Crippen LogP contribution < -0.4 is 10.9 Å². The van der Waals surface area contributed by atoms with Crippen LogP contribution in [0.2, 0.25) is 0 Å². The van der Waals surface area contributed by atoms with Gasteiger partial charge in [0.2, 0.25) is 0 Å². The molecule has 0 saturated carbocycles. The molecule has 0 aliphatic carbocycles. The number of nitrogens with zero attached hydrogens (tertiary/aromatic N) is 3. The lowest BCUT2D eigenvalue weighted by atomic mass is 9.92. The zero-order valence-electron chi connectivity index (χ0n) is 14.3.